The average Bonchev–Trinajstić information content (AvgIpc) is 2.92. The zero-order valence-electron chi connectivity index (χ0n) is 13.2. The quantitative estimate of drug-likeness (QED) is 0.893. The molecule has 1 amide bonds. The van der Waals surface area contributed by atoms with E-state index in [-0.39, 0.29) is 12.0 Å². The van der Waals surface area contributed by atoms with E-state index in [0.29, 0.717) is 13.1 Å². The lowest BCUT2D eigenvalue weighted by molar-refractivity contribution is -0.132. The highest BCUT2D eigenvalue weighted by molar-refractivity contribution is 5.78. The maximum atomic E-state index is 12.3. The number of aryl methyl sites for hydroxylation is 1. The van der Waals surface area contributed by atoms with Crippen LogP contribution in [0.2, 0.25) is 0 Å². The summed E-state index contributed by atoms with van der Waals surface area (Å²) in [6.07, 6.45) is 0.528. The molecule has 2 heterocycles. The molecule has 5 nitrogen and oxygen atoms in total. The second-order valence-corrected chi connectivity index (χ2v) is 6.38. The Labute approximate surface area is 132 Å². The normalized spacial score (nSPS) is 23.1. The van der Waals surface area contributed by atoms with Crippen LogP contribution in [0.3, 0.4) is 0 Å². The van der Waals surface area contributed by atoms with E-state index in [1.807, 2.05) is 4.90 Å². The summed E-state index contributed by atoms with van der Waals surface area (Å²) in [6, 6.07) is 8.52. The monoisotopic (exact) mass is 303 g/mol. The van der Waals surface area contributed by atoms with Crippen LogP contribution < -0.4 is 4.90 Å². The molecule has 2 fully saturated rings. The number of aliphatic hydroxyl groups excluding tert-OH is 1. The van der Waals surface area contributed by atoms with Crippen molar-refractivity contribution in [1.29, 1.82) is 0 Å². The molecule has 1 aromatic rings. The number of carbonyl (C=O) groups is 1. The van der Waals surface area contributed by atoms with Crippen LogP contribution in [0.1, 0.15) is 12.0 Å². The minimum Gasteiger partial charge on any atom is -0.392 e. The summed E-state index contributed by atoms with van der Waals surface area (Å²) in [5.74, 6) is 0.193. The molecular weight excluding hydrogens is 278 g/mol. The minimum atomic E-state index is -0.258. The van der Waals surface area contributed by atoms with Gasteiger partial charge in [0, 0.05) is 45.0 Å². The van der Waals surface area contributed by atoms with Crippen LogP contribution in [0.25, 0.3) is 0 Å². The summed E-state index contributed by atoms with van der Waals surface area (Å²) >= 11 is 0. The Hall–Kier alpha value is -1.59. The smallest absolute Gasteiger partial charge is 0.236 e. The number of piperazine rings is 1. The van der Waals surface area contributed by atoms with E-state index >= 15 is 0 Å². The number of amides is 1. The number of carbonyl (C=O) groups excluding carboxylic acids is 1. The molecule has 120 valence electrons. The molecule has 0 bridgehead atoms. The molecule has 5 heteroatoms. The van der Waals surface area contributed by atoms with Crippen LogP contribution in [0, 0.1) is 6.92 Å². The zero-order chi connectivity index (χ0) is 15.5. The lowest BCUT2D eigenvalue weighted by atomic mass is 10.2. The first kappa shape index (κ1) is 15.3. The summed E-state index contributed by atoms with van der Waals surface area (Å²) in [5.41, 5.74) is 2.51. The highest BCUT2D eigenvalue weighted by Gasteiger charge is 2.26. The third-order valence-corrected chi connectivity index (χ3v) is 4.61. The molecule has 22 heavy (non-hydrogen) atoms. The zero-order valence-corrected chi connectivity index (χ0v) is 13.2. The van der Waals surface area contributed by atoms with Crippen LogP contribution in [0.5, 0.6) is 0 Å². The van der Waals surface area contributed by atoms with Crippen molar-refractivity contribution in [1.82, 2.24) is 9.80 Å². The summed E-state index contributed by atoms with van der Waals surface area (Å²) in [7, 11) is 0. The lowest BCUT2D eigenvalue weighted by Gasteiger charge is -2.36. The number of β-amino-alcohol motifs (C(OH)–C–C–N with tert-alkyl or cyclic N) is 1. The van der Waals surface area contributed by atoms with Crippen molar-refractivity contribution in [3.8, 4) is 0 Å². The van der Waals surface area contributed by atoms with Gasteiger partial charge in [0.2, 0.25) is 5.91 Å². The predicted octanol–water partition coefficient (Wildman–Crippen LogP) is 0.710. The van der Waals surface area contributed by atoms with Crippen molar-refractivity contribution in [3.05, 3.63) is 29.8 Å². The van der Waals surface area contributed by atoms with Gasteiger partial charge in [0.15, 0.2) is 0 Å². The molecule has 2 aliphatic rings. The molecule has 0 aromatic heterocycles. The first-order valence-corrected chi connectivity index (χ1v) is 8.11. The first-order chi connectivity index (χ1) is 10.6. The van der Waals surface area contributed by atoms with Crippen molar-refractivity contribution >= 4 is 11.6 Å². The van der Waals surface area contributed by atoms with Crippen LogP contribution in [0.4, 0.5) is 5.69 Å². The predicted molar refractivity (Wildman–Crippen MR) is 87.0 cm³/mol. The van der Waals surface area contributed by atoms with E-state index in [1.54, 1.807) is 0 Å². The Balaban J connectivity index is 1.50. The van der Waals surface area contributed by atoms with Crippen molar-refractivity contribution < 1.29 is 9.90 Å². The van der Waals surface area contributed by atoms with E-state index in [1.165, 1.54) is 11.3 Å². The van der Waals surface area contributed by atoms with Crippen LogP contribution in [-0.2, 0) is 4.79 Å². The van der Waals surface area contributed by atoms with Gasteiger partial charge in [0.1, 0.15) is 0 Å². The maximum absolute atomic E-state index is 12.3. The van der Waals surface area contributed by atoms with Crippen LogP contribution in [0.15, 0.2) is 24.3 Å². The molecule has 1 N–H and O–H groups in total. The largest absolute Gasteiger partial charge is 0.392 e. The van der Waals surface area contributed by atoms with Crippen molar-refractivity contribution in [3.63, 3.8) is 0 Å². The highest BCUT2D eigenvalue weighted by atomic mass is 16.3. The topological polar surface area (TPSA) is 47.0 Å². The molecule has 3 rings (SSSR count). The van der Waals surface area contributed by atoms with Gasteiger partial charge < -0.3 is 14.9 Å². The van der Waals surface area contributed by atoms with Gasteiger partial charge in [0.25, 0.3) is 0 Å². The minimum absolute atomic E-state index is 0.193. The molecule has 1 atom stereocenters. The summed E-state index contributed by atoms with van der Waals surface area (Å²) < 4.78 is 0. The number of likely N-dealkylation sites (tertiary alicyclic amines) is 1. The molecule has 0 unspecified atom stereocenters. The molecule has 0 radical (unpaired) electrons. The maximum Gasteiger partial charge on any atom is 0.236 e. The van der Waals surface area contributed by atoms with E-state index in [2.05, 4.69) is 41.0 Å². The summed E-state index contributed by atoms with van der Waals surface area (Å²) in [5, 5.41) is 9.53. The molecule has 0 spiro atoms. The molecule has 2 aliphatic heterocycles. The van der Waals surface area contributed by atoms with E-state index in [9.17, 15) is 9.90 Å². The van der Waals surface area contributed by atoms with E-state index in [4.69, 9.17) is 0 Å². The van der Waals surface area contributed by atoms with E-state index < -0.39 is 0 Å². The second-order valence-electron chi connectivity index (χ2n) is 6.38. The average molecular weight is 303 g/mol. The van der Waals surface area contributed by atoms with Gasteiger partial charge in [-0.1, -0.05) is 12.1 Å². The Bertz CT molecular complexity index is 526. The molecule has 0 aliphatic carbocycles. The molecule has 0 saturated carbocycles. The fourth-order valence-corrected chi connectivity index (χ4v) is 3.29. The Morgan fingerprint density at radius 1 is 1.23 bits per heavy atom. The third kappa shape index (κ3) is 3.59. The number of aliphatic hydroxyl groups is 1. The van der Waals surface area contributed by atoms with Gasteiger partial charge in [-0.05, 0) is 31.0 Å². The van der Waals surface area contributed by atoms with Crippen molar-refractivity contribution in [2.75, 3.05) is 50.7 Å². The number of hydrogen-bond donors (Lipinski definition) is 1. The molecule has 2 saturated heterocycles. The van der Waals surface area contributed by atoms with Crippen LogP contribution >= 0.6 is 0 Å². The number of anilines is 1. The molecule has 1 aromatic carbocycles. The van der Waals surface area contributed by atoms with Gasteiger partial charge in [0.05, 0.1) is 12.6 Å². The Morgan fingerprint density at radius 2 is 2.00 bits per heavy atom. The van der Waals surface area contributed by atoms with E-state index in [0.717, 1.165) is 39.1 Å². The summed E-state index contributed by atoms with van der Waals surface area (Å²) in [6.45, 7) is 7.35. The first-order valence-electron chi connectivity index (χ1n) is 8.11. The lowest BCUT2D eigenvalue weighted by Crippen LogP contribution is -2.51. The number of rotatable bonds is 3. The fourth-order valence-electron chi connectivity index (χ4n) is 3.29. The standard InChI is InChI=1S/C17H25N3O2/c1-14-3-2-4-15(11-14)19-7-9-20(10-8-19)17(22)13-18-6-5-16(21)12-18/h2-4,11,16,21H,5-10,12-13H2,1H3/t16-/m0/s1. The van der Waals surface area contributed by atoms with Gasteiger partial charge >= 0.3 is 0 Å². The fraction of sp³-hybridized carbons (Fsp3) is 0.588. The van der Waals surface area contributed by atoms with Gasteiger partial charge in [-0.3, -0.25) is 9.69 Å². The van der Waals surface area contributed by atoms with Gasteiger partial charge in [-0.2, -0.15) is 0 Å². The third-order valence-electron chi connectivity index (χ3n) is 4.61. The number of benzene rings is 1. The summed E-state index contributed by atoms with van der Waals surface area (Å²) in [4.78, 5) is 18.7. The molecular formula is C17H25N3O2. The van der Waals surface area contributed by atoms with Gasteiger partial charge in [-0.15, -0.1) is 0 Å². The highest BCUT2D eigenvalue weighted by Crippen LogP contribution is 2.18. The van der Waals surface area contributed by atoms with Crippen LogP contribution in [-0.4, -0.2) is 72.7 Å². The van der Waals surface area contributed by atoms with Crippen molar-refractivity contribution in [2.24, 2.45) is 0 Å². The Morgan fingerprint density at radius 3 is 2.64 bits per heavy atom. The van der Waals surface area contributed by atoms with Gasteiger partial charge in [-0.25, -0.2) is 0 Å². The number of hydrogen-bond acceptors (Lipinski definition) is 4. The SMILES string of the molecule is Cc1cccc(N2CCN(C(=O)CN3CC[C@H](O)C3)CC2)c1. The Kier molecular flexibility index (Phi) is 4.64. The number of nitrogens with zero attached hydrogens (tertiary/aromatic N) is 3. The second kappa shape index (κ2) is 6.67. The van der Waals surface area contributed by atoms with Crippen molar-refractivity contribution in [2.45, 2.75) is 19.4 Å².